The summed E-state index contributed by atoms with van der Waals surface area (Å²) in [5.41, 5.74) is 1.34. The highest BCUT2D eigenvalue weighted by Gasteiger charge is 2.23. The van der Waals surface area contributed by atoms with E-state index in [9.17, 15) is 0 Å². The molecule has 2 aliphatic heterocycles. The Kier molecular flexibility index (Phi) is 8.12. The number of benzene rings is 1. The van der Waals surface area contributed by atoms with Crippen molar-refractivity contribution in [3.8, 4) is 0 Å². The molecular weight excluding hydrogens is 420 g/mol. The normalized spacial score (nSPS) is 19.0. The van der Waals surface area contributed by atoms with Crippen LogP contribution in [0.2, 0.25) is 0 Å². The monoisotopic (exact) mass is 454 g/mol. The van der Waals surface area contributed by atoms with Crippen LogP contribution in [0.5, 0.6) is 0 Å². The van der Waals surface area contributed by atoms with Gasteiger partial charge in [-0.05, 0) is 56.8 Å². The van der Waals surface area contributed by atoms with Crippen LogP contribution in [-0.2, 0) is 11.2 Å². The van der Waals surface area contributed by atoms with E-state index >= 15 is 0 Å². The molecule has 2 aliphatic rings. The Morgan fingerprint density at radius 1 is 1.09 bits per heavy atom. The fourth-order valence-corrected chi connectivity index (χ4v) is 4.50. The Hall–Kier alpha value is -2.45. The van der Waals surface area contributed by atoms with Gasteiger partial charge in [0.1, 0.15) is 11.6 Å². The van der Waals surface area contributed by atoms with E-state index in [1.165, 1.54) is 24.8 Å². The maximum Gasteiger partial charge on any atom is 0.232 e. The Balaban J connectivity index is 1.40. The summed E-state index contributed by atoms with van der Waals surface area (Å²) in [6.45, 7) is 7.25. The van der Waals surface area contributed by atoms with Gasteiger partial charge in [-0.25, -0.2) is 0 Å². The van der Waals surface area contributed by atoms with Gasteiger partial charge in [0.15, 0.2) is 5.11 Å². The van der Waals surface area contributed by atoms with E-state index in [4.69, 9.17) is 26.9 Å². The van der Waals surface area contributed by atoms with Gasteiger partial charge < -0.3 is 25.2 Å². The van der Waals surface area contributed by atoms with E-state index in [2.05, 4.69) is 57.7 Å². The van der Waals surface area contributed by atoms with Crippen LogP contribution in [-0.4, -0.2) is 60.5 Å². The molecule has 2 aromatic rings. The van der Waals surface area contributed by atoms with Gasteiger partial charge in [0.25, 0.3) is 0 Å². The second kappa shape index (κ2) is 11.4. The quantitative estimate of drug-likeness (QED) is 0.486. The minimum Gasteiger partial charge on any atom is -0.378 e. The molecule has 0 saturated carbocycles. The second-order valence-corrected chi connectivity index (χ2v) is 8.92. The first-order valence-corrected chi connectivity index (χ1v) is 12.2. The number of nitrogens with zero attached hydrogens (tertiary/aromatic N) is 4. The molecular formula is C24H34N6OS. The molecule has 0 spiro atoms. The average Bonchev–Trinajstić information content (AvgIpc) is 2.83. The number of hydrogen-bond acceptors (Lipinski definition) is 6. The van der Waals surface area contributed by atoms with E-state index in [-0.39, 0.29) is 0 Å². The molecule has 3 heterocycles. The molecule has 32 heavy (non-hydrogen) atoms. The molecule has 0 radical (unpaired) electrons. The van der Waals surface area contributed by atoms with Crippen LogP contribution in [0, 0.1) is 0 Å². The summed E-state index contributed by atoms with van der Waals surface area (Å²) >= 11 is 5.54. The molecule has 1 unspecified atom stereocenters. The number of hydrogen-bond donors (Lipinski definition) is 2. The number of rotatable bonds is 7. The van der Waals surface area contributed by atoms with Crippen molar-refractivity contribution in [1.29, 1.82) is 0 Å². The zero-order chi connectivity index (χ0) is 22.2. The maximum atomic E-state index is 5.54. The van der Waals surface area contributed by atoms with Crippen molar-refractivity contribution < 1.29 is 4.74 Å². The third-order valence-corrected chi connectivity index (χ3v) is 6.37. The van der Waals surface area contributed by atoms with Crippen LogP contribution < -0.4 is 20.4 Å². The third kappa shape index (κ3) is 6.29. The minimum atomic E-state index is 0.479. The van der Waals surface area contributed by atoms with Gasteiger partial charge in [0.2, 0.25) is 5.95 Å². The van der Waals surface area contributed by atoms with E-state index < -0.39 is 0 Å². The van der Waals surface area contributed by atoms with Crippen LogP contribution in [0.4, 0.5) is 17.6 Å². The van der Waals surface area contributed by atoms with E-state index in [0.29, 0.717) is 17.1 Å². The number of morpholine rings is 1. The highest BCUT2D eigenvalue weighted by Crippen LogP contribution is 2.27. The SMILES string of the molecule is CC1CCCCN1c1cc(N2CCOCC2)nc(NC(=S)NCCCc2ccccc2)n1. The number of thiocarbonyl (C=S) groups is 1. The van der Waals surface area contributed by atoms with Crippen LogP contribution in [0.25, 0.3) is 0 Å². The predicted octanol–water partition coefficient (Wildman–Crippen LogP) is 3.61. The molecule has 0 amide bonds. The lowest BCUT2D eigenvalue weighted by atomic mass is 10.0. The number of anilines is 3. The van der Waals surface area contributed by atoms with Crippen LogP contribution >= 0.6 is 12.2 Å². The van der Waals surface area contributed by atoms with Crippen molar-refractivity contribution in [3.63, 3.8) is 0 Å². The average molecular weight is 455 g/mol. The first kappa shape index (κ1) is 22.7. The van der Waals surface area contributed by atoms with Crippen molar-refractivity contribution in [2.75, 3.05) is 54.5 Å². The lowest BCUT2D eigenvalue weighted by Gasteiger charge is -2.35. The molecule has 2 saturated heterocycles. The van der Waals surface area contributed by atoms with Gasteiger partial charge in [-0.15, -0.1) is 0 Å². The summed E-state index contributed by atoms with van der Waals surface area (Å²) in [6.07, 6.45) is 5.71. The Morgan fingerprint density at radius 3 is 2.66 bits per heavy atom. The van der Waals surface area contributed by atoms with Crippen LogP contribution in [0.15, 0.2) is 36.4 Å². The topological polar surface area (TPSA) is 65.6 Å². The van der Waals surface area contributed by atoms with Gasteiger partial charge in [-0.1, -0.05) is 30.3 Å². The lowest BCUT2D eigenvalue weighted by molar-refractivity contribution is 0.122. The second-order valence-electron chi connectivity index (χ2n) is 8.52. The third-order valence-electron chi connectivity index (χ3n) is 6.13. The highest BCUT2D eigenvalue weighted by molar-refractivity contribution is 7.80. The molecule has 172 valence electrons. The number of ether oxygens (including phenoxy) is 1. The predicted molar refractivity (Wildman–Crippen MR) is 135 cm³/mol. The molecule has 8 heteroatoms. The summed E-state index contributed by atoms with van der Waals surface area (Å²) in [5.74, 6) is 2.47. The molecule has 0 bridgehead atoms. The maximum absolute atomic E-state index is 5.54. The standard InChI is InChI=1S/C24H34N6OS/c1-19-8-5-6-13-30(19)22-18-21(29-14-16-31-17-15-29)26-23(27-22)28-24(32)25-12-7-11-20-9-3-2-4-10-20/h2-4,9-10,18-19H,5-8,11-17H2,1H3,(H2,25,26,27,28,32). The highest BCUT2D eigenvalue weighted by atomic mass is 32.1. The summed E-state index contributed by atoms with van der Waals surface area (Å²) in [4.78, 5) is 14.3. The summed E-state index contributed by atoms with van der Waals surface area (Å²) in [5, 5.41) is 7.09. The van der Waals surface area contributed by atoms with Crippen molar-refractivity contribution >= 4 is 34.9 Å². The molecule has 2 N–H and O–H groups in total. The first-order valence-electron chi connectivity index (χ1n) is 11.8. The lowest BCUT2D eigenvalue weighted by Crippen LogP contribution is -2.40. The molecule has 1 atom stereocenters. The van der Waals surface area contributed by atoms with Crippen LogP contribution in [0.1, 0.15) is 38.2 Å². The van der Waals surface area contributed by atoms with Gasteiger partial charge in [0, 0.05) is 38.3 Å². The molecule has 4 rings (SSSR count). The van der Waals surface area contributed by atoms with Crippen molar-refractivity contribution in [1.82, 2.24) is 15.3 Å². The molecule has 2 fully saturated rings. The van der Waals surface area contributed by atoms with E-state index in [1.54, 1.807) is 0 Å². The van der Waals surface area contributed by atoms with Gasteiger partial charge in [-0.2, -0.15) is 9.97 Å². The molecule has 1 aromatic heterocycles. The Bertz CT molecular complexity index is 874. The Labute approximate surface area is 196 Å². The number of piperidine rings is 1. The fourth-order valence-electron chi connectivity index (χ4n) is 4.30. The zero-order valence-electron chi connectivity index (χ0n) is 18.9. The largest absolute Gasteiger partial charge is 0.378 e. The number of nitrogens with one attached hydrogen (secondary N) is 2. The minimum absolute atomic E-state index is 0.479. The van der Waals surface area contributed by atoms with Crippen LogP contribution in [0.3, 0.4) is 0 Å². The van der Waals surface area contributed by atoms with Gasteiger partial charge in [0.05, 0.1) is 13.2 Å². The molecule has 7 nitrogen and oxygen atoms in total. The van der Waals surface area contributed by atoms with E-state index in [1.807, 2.05) is 6.07 Å². The van der Waals surface area contributed by atoms with Gasteiger partial charge >= 0.3 is 0 Å². The zero-order valence-corrected chi connectivity index (χ0v) is 19.7. The number of aromatic nitrogens is 2. The van der Waals surface area contributed by atoms with Crippen molar-refractivity contribution in [3.05, 3.63) is 42.0 Å². The fraction of sp³-hybridized carbons (Fsp3) is 0.542. The number of aryl methyl sites for hydroxylation is 1. The molecule has 1 aromatic carbocycles. The Morgan fingerprint density at radius 2 is 1.88 bits per heavy atom. The summed E-state index contributed by atoms with van der Waals surface area (Å²) in [6, 6.07) is 13.1. The first-order chi connectivity index (χ1) is 15.7. The smallest absolute Gasteiger partial charge is 0.232 e. The molecule has 0 aliphatic carbocycles. The van der Waals surface area contributed by atoms with E-state index in [0.717, 1.165) is 63.9 Å². The van der Waals surface area contributed by atoms with Crippen molar-refractivity contribution in [2.45, 2.75) is 45.1 Å². The summed E-state index contributed by atoms with van der Waals surface area (Å²) < 4.78 is 5.52. The summed E-state index contributed by atoms with van der Waals surface area (Å²) in [7, 11) is 0. The van der Waals surface area contributed by atoms with Gasteiger partial charge in [-0.3, -0.25) is 0 Å². The van der Waals surface area contributed by atoms with Crippen molar-refractivity contribution in [2.24, 2.45) is 0 Å².